The first-order valence-corrected chi connectivity index (χ1v) is 7.08. The maximum atomic E-state index is 12.3. The standard InChI is InChI=1S/C14H14Cl2N2O3/c1-3-8-12(16)17-14(20)18(13(8)19)7-9-10(15)5-4-6-11(9)21-2/h4-6H,3,7H2,1-2H3,(H,17,20). The van der Waals surface area contributed by atoms with Crippen molar-refractivity contribution in [3.63, 3.8) is 0 Å². The van der Waals surface area contributed by atoms with Crippen molar-refractivity contribution in [2.24, 2.45) is 0 Å². The number of halogens is 2. The molecular formula is C14H14Cl2N2O3. The largest absolute Gasteiger partial charge is 0.496 e. The number of benzene rings is 1. The maximum Gasteiger partial charge on any atom is 0.329 e. The zero-order valence-electron chi connectivity index (χ0n) is 11.6. The van der Waals surface area contributed by atoms with Gasteiger partial charge in [0, 0.05) is 10.6 Å². The first-order valence-electron chi connectivity index (χ1n) is 6.32. The molecule has 1 heterocycles. The summed E-state index contributed by atoms with van der Waals surface area (Å²) in [7, 11) is 1.50. The van der Waals surface area contributed by atoms with Crippen LogP contribution in [0.2, 0.25) is 10.2 Å². The van der Waals surface area contributed by atoms with Crippen LogP contribution in [-0.4, -0.2) is 16.7 Å². The number of methoxy groups -OCH3 is 1. The van der Waals surface area contributed by atoms with Gasteiger partial charge in [0.1, 0.15) is 10.9 Å². The third-order valence-electron chi connectivity index (χ3n) is 3.20. The van der Waals surface area contributed by atoms with Gasteiger partial charge in [-0.25, -0.2) is 4.79 Å². The van der Waals surface area contributed by atoms with Gasteiger partial charge in [-0.05, 0) is 18.6 Å². The molecule has 1 aromatic heterocycles. The number of nitrogens with zero attached hydrogens (tertiary/aromatic N) is 1. The van der Waals surface area contributed by atoms with E-state index in [-0.39, 0.29) is 11.7 Å². The van der Waals surface area contributed by atoms with Crippen molar-refractivity contribution in [2.45, 2.75) is 19.9 Å². The van der Waals surface area contributed by atoms with Crippen molar-refractivity contribution < 1.29 is 4.74 Å². The molecule has 0 radical (unpaired) electrons. The maximum absolute atomic E-state index is 12.3. The molecule has 0 saturated heterocycles. The van der Waals surface area contributed by atoms with Crippen molar-refractivity contribution >= 4 is 23.2 Å². The van der Waals surface area contributed by atoms with E-state index in [1.54, 1.807) is 25.1 Å². The van der Waals surface area contributed by atoms with E-state index in [0.717, 1.165) is 4.57 Å². The van der Waals surface area contributed by atoms with Crippen LogP contribution in [0.3, 0.4) is 0 Å². The Labute approximate surface area is 131 Å². The summed E-state index contributed by atoms with van der Waals surface area (Å²) in [5.41, 5.74) is -0.0710. The molecule has 5 nitrogen and oxygen atoms in total. The Morgan fingerprint density at radius 1 is 1.24 bits per heavy atom. The van der Waals surface area contributed by atoms with Crippen LogP contribution < -0.4 is 16.0 Å². The molecule has 112 valence electrons. The Bertz CT molecular complexity index is 781. The summed E-state index contributed by atoms with van der Waals surface area (Å²) < 4.78 is 6.28. The number of hydrogen-bond donors (Lipinski definition) is 1. The fourth-order valence-corrected chi connectivity index (χ4v) is 2.60. The average molecular weight is 329 g/mol. The van der Waals surface area contributed by atoms with E-state index >= 15 is 0 Å². The van der Waals surface area contributed by atoms with Crippen LogP contribution >= 0.6 is 23.2 Å². The predicted molar refractivity (Wildman–Crippen MR) is 82.8 cm³/mol. The molecular weight excluding hydrogens is 315 g/mol. The minimum Gasteiger partial charge on any atom is -0.496 e. The van der Waals surface area contributed by atoms with E-state index in [2.05, 4.69) is 4.98 Å². The van der Waals surface area contributed by atoms with Gasteiger partial charge in [0.15, 0.2) is 0 Å². The minimum atomic E-state index is -0.579. The number of aromatic nitrogens is 2. The highest BCUT2D eigenvalue weighted by molar-refractivity contribution is 6.31. The van der Waals surface area contributed by atoms with E-state index in [4.69, 9.17) is 27.9 Å². The molecule has 0 saturated carbocycles. The SMILES string of the molecule is CCc1c(Cl)[nH]c(=O)n(Cc2c(Cl)cccc2OC)c1=O. The van der Waals surface area contributed by atoms with Gasteiger partial charge in [-0.1, -0.05) is 36.2 Å². The molecule has 0 amide bonds. The first kappa shape index (κ1) is 15.7. The Hall–Kier alpha value is -1.72. The van der Waals surface area contributed by atoms with Crippen LogP contribution in [0.4, 0.5) is 0 Å². The van der Waals surface area contributed by atoms with Crippen LogP contribution in [0, 0.1) is 0 Å². The fraction of sp³-hybridized carbons (Fsp3) is 0.286. The second-order valence-electron chi connectivity index (χ2n) is 4.39. The molecule has 0 spiro atoms. The normalized spacial score (nSPS) is 10.7. The Morgan fingerprint density at radius 3 is 2.57 bits per heavy atom. The van der Waals surface area contributed by atoms with Crippen molar-refractivity contribution in [2.75, 3.05) is 7.11 Å². The summed E-state index contributed by atoms with van der Waals surface area (Å²) in [6, 6.07) is 5.13. The molecule has 1 N–H and O–H groups in total. The van der Waals surface area contributed by atoms with E-state index < -0.39 is 11.2 Å². The van der Waals surface area contributed by atoms with E-state index in [1.807, 2.05) is 0 Å². The number of ether oxygens (including phenoxy) is 1. The van der Waals surface area contributed by atoms with Crippen LogP contribution in [-0.2, 0) is 13.0 Å². The molecule has 0 aliphatic rings. The van der Waals surface area contributed by atoms with Crippen LogP contribution in [0.1, 0.15) is 18.1 Å². The van der Waals surface area contributed by atoms with Gasteiger partial charge in [-0.2, -0.15) is 0 Å². The lowest BCUT2D eigenvalue weighted by Gasteiger charge is -2.12. The second-order valence-corrected chi connectivity index (χ2v) is 5.17. The Kier molecular flexibility index (Phi) is 4.75. The molecule has 0 aliphatic carbocycles. The van der Waals surface area contributed by atoms with E-state index in [0.29, 0.717) is 28.3 Å². The second kappa shape index (κ2) is 6.37. The molecule has 0 bridgehead atoms. The first-order chi connectivity index (χ1) is 9.99. The van der Waals surface area contributed by atoms with Crippen LogP contribution in [0.15, 0.2) is 27.8 Å². The lowest BCUT2D eigenvalue weighted by atomic mass is 10.2. The molecule has 1 aromatic carbocycles. The highest BCUT2D eigenvalue weighted by Crippen LogP contribution is 2.26. The third-order valence-corrected chi connectivity index (χ3v) is 3.87. The molecule has 21 heavy (non-hydrogen) atoms. The van der Waals surface area contributed by atoms with Crippen molar-refractivity contribution in [3.05, 3.63) is 60.3 Å². The van der Waals surface area contributed by atoms with Gasteiger partial charge in [0.05, 0.1) is 19.2 Å². The lowest BCUT2D eigenvalue weighted by Crippen LogP contribution is -2.37. The summed E-state index contributed by atoms with van der Waals surface area (Å²) in [5.74, 6) is 0.516. The van der Waals surface area contributed by atoms with Gasteiger partial charge in [-0.15, -0.1) is 0 Å². The van der Waals surface area contributed by atoms with Crippen molar-refractivity contribution in [1.82, 2.24) is 9.55 Å². The van der Waals surface area contributed by atoms with Gasteiger partial charge in [0.2, 0.25) is 0 Å². The summed E-state index contributed by atoms with van der Waals surface area (Å²) in [6.07, 6.45) is 0.425. The molecule has 0 aliphatic heterocycles. The third kappa shape index (κ3) is 2.99. The summed E-state index contributed by atoms with van der Waals surface area (Å²) in [5, 5.41) is 0.503. The number of nitrogens with one attached hydrogen (secondary N) is 1. The minimum absolute atomic E-state index is 0.0151. The summed E-state index contributed by atoms with van der Waals surface area (Å²) >= 11 is 12.0. The molecule has 2 aromatic rings. The fourth-order valence-electron chi connectivity index (χ4n) is 2.08. The Morgan fingerprint density at radius 2 is 1.95 bits per heavy atom. The van der Waals surface area contributed by atoms with E-state index in [9.17, 15) is 9.59 Å². The topological polar surface area (TPSA) is 64.1 Å². The zero-order valence-corrected chi connectivity index (χ0v) is 13.1. The monoisotopic (exact) mass is 328 g/mol. The summed E-state index contributed by atoms with van der Waals surface area (Å²) in [6.45, 7) is 1.81. The average Bonchev–Trinajstić information content (AvgIpc) is 2.44. The van der Waals surface area contributed by atoms with Crippen molar-refractivity contribution in [1.29, 1.82) is 0 Å². The molecule has 0 fully saturated rings. The van der Waals surface area contributed by atoms with Crippen LogP contribution in [0.5, 0.6) is 5.75 Å². The zero-order chi connectivity index (χ0) is 15.6. The predicted octanol–water partition coefficient (Wildman–Crippen LogP) is 2.46. The Balaban J connectivity index is 2.61. The highest BCUT2D eigenvalue weighted by atomic mass is 35.5. The quantitative estimate of drug-likeness (QED) is 0.877. The van der Waals surface area contributed by atoms with Crippen molar-refractivity contribution in [3.8, 4) is 5.75 Å². The summed E-state index contributed by atoms with van der Waals surface area (Å²) in [4.78, 5) is 26.8. The number of aromatic amines is 1. The van der Waals surface area contributed by atoms with Crippen LogP contribution in [0.25, 0.3) is 0 Å². The molecule has 0 atom stereocenters. The van der Waals surface area contributed by atoms with E-state index in [1.165, 1.54) is 7.11 Å². The molecule has 2 rings (SSSR count). The van der Waals surface area contributed by atoms with Gasteiger partial charge >= 0.3 is 5.69 Å². The number of hydrogen-bond acceptors (Lipinski definition) is 3. The van der Waals surface area contributed by atoms with Gasteiger partial charge < -0.3 is 4.74 Å². The number of rotatable bonds is 4. The smallest absolute Gasteiger partial charge is 0.329 e. The lowest BCUT2D eigenvalue weighted by molar-refractivity contribution is 0.407. The number of H-pyrrole nitrogens is 1. The molecule has 7 heteroatoms. The molecule has 0 unspecified atom stereocenters. The van der Waals surface area contributed by atoms with Gasteiger partial charge in [-0.3, -0.25) is 14.3 Å². The van der Waals surface area contributed by atoms with Gasteiger partial charge in [0.25, 0.3) is 5.56 Å². The highest BCUT2D eigenvalue weighted by Gasteiger charge is 2.15.